The fourth-order valence-electron chi connectivity index (χ4n) is 4.18. The molecule has 1 spiro atoms. The van der Waals surface area contributed by atoms with E-state index in [4.69, 9.17) is 0 Å². The molecule has 0 unspecified atom stereocenters. The van der Waals surface area contributed by atoms with Gasteiger partial charge in [-0.1, -0.05) is 30.3 Å². The van der Waals surface area contributed by atoms with Crippen LogP contribution in [-0.4, -0.2) is 46.9 Å². The van der Waals surface area contributed by atoms with Crippen LogP contribution in [0.15, 0.2) is 48.8 Å². The standard InChI is InChI=1S/C20H25N3O/c24-19(18-6-10-21-14-18)23-13-9-20(16-23)7-11-22(12-8-20)15-17-4-2-1-3-5-17/h1-6,10,14,21H,7-9,11-13,15-16H2. The Morgan fingerprint density at radius 3 is 2.50 bits per heavy atom. The number of nitrogens with zero attached hydrogens (tertiary/aromatic N) is 2. The predicted molar refractivity (Wildman–Crippen MR) is 94.7 cm³/mol. The summed E-state index contributed by atoms with van der Waals surface area (Å²) in [5, 5.41) is 0. The van der Waals surface area contributed by atoms with Gasteiger partial charge in [-0.15, -0.1) is 0 Å². The number of hydrogen-bond donors (Lipinski definition) is 1. The highest BCUT2D eigenvalue weighted by Crippen LogP contribution is 2.41. The zero-order valence-electron chi connectivity index (χ0n) is 14.1. The third-order valence-electron chi connectivity index (χ3n) is 5.74. The molecule has 2 aromatic rings. The van der Waals surface area contributed by atoms with E-state index in [-0.39, 0.29) is 5.91 Å². The second kappa shape index (κ2) is 6.44. The van der Waals surface area contributed by atoms with Gasteiger partial charge in [0.1, 0.15) is 0 Å². The van der Waals surface area contributed by atoms with Gasteiger partial charge >= 0.3 is 0 Å². The Labute approximate surface area is 143 Å². The van der Waals surface area contributed by atoms with Gasteiger partial charge in [0.15, 0.2) is 0 Å². The van der Waals surface area contributed by atoms with Gasteiger partial charge < -0.3 is 9.88 Å². The Morgan fingerprint density at radius 1 is 1.04 bits per heavy atom. The van der Waals surface area contributed by atoms with Gasteiger partial charge in [0.2, 0.25) is 0 Å². The van der Waals surface area contributed by atoms with Crippen LogP contribution in [0.5, 0.6) is 0 Å². The first-order valence-electron chi connectivity index (χ1n) is 8.93. The molecule has 4 nitrogen and oxygen atoms in total. The molecule has 1 N–H and O–H groups in total. The van der Waals surface area contributed by atoms with Crippen LogP contribution in [0.1, 0.15) is 35.2 Å². The molecule has 0 atom stereocenters. The van der Waals surface area contributed by atoms with Crippen molar-refractivity contribution in [3.05, 3.63) is 59.9 Å². The molecule has 3 heterocycles. The summed E-state index contributed by atoms with van der Waals surface area (Å²) < 4.78 is 0. The van der Waals surface area contributed by atoms with Crippen LogP contribution < -0.4 is 0 Å². The molecule has 1 aromatic heterocycles. The Morgan fingerprint density at radius 2 is 1.79 bits per heavy atom. The first kappa shape index (κ1) is 15.5. The predicted octanol–water partition coefficient (Wildman–Crippen LogP) is 3.14. The largest absolute Gasteiger partial charge is 0.367 e. The van der Waals surface area contributed by atoms with Gasteiger partial charge in [-0.2, -0.15) is 0 Å². The molecule has 0 saturated carbocycles. The Kier molecular flexibility index (Phi) is 4.15. The molecule has 2 saturated heterocycles. The monoisotopic (exact) mass is 323 g/mol. The fraction of sp³-hybridized carbons (Fsp3) is 0.450. The summed E-state index contributed by atoms with van der Waals surface area (Å²) in [6.07, 6.45) is 7.19. The van der Waals surface area contributed by atoms with Crippen LogP contribution in [0.25, 0.3) is 0 Å². The van der Waals surface area contributed by atoms with Crippen molar-refractivity contribution in [2.45, 2.75) is 25.8 Å². The number of likely N-dealkylation sites (tertiary alicyclic amines) is 2. The van der Waals surface area contributed by atoms with Crippen molar-refractivity contribution in [1.29, 1.82) is 0 Å². The lowest BCUT2D eigenvalue weighted by molar-refractivity contribution is 0.0714. The van der Waals surface area contributed by atoms with Crippen molar-refractivity contribution >= 4 is 5.91 Å². The summed E-state index contributed by atoms with van der Waals surface area (Å²) in [7, 11) is 0. The number of benzene rings is 1. The van der Waals surface area contributed by atoms with Crippen molar-refractivity contribution in [2.24, 2.45) is 5.41 Å². The molecule has 2 fully saturated rings. The summed E-state index contributed by atoms with van der Waals surface area (Å²) in [6, 6.07) is 12.6. The average molecular weight is 323 g/mol. The van der Waals surface area contributed by atoms with E-state index < -0.39 is 0 Å². The van der Waals surface area contributed by atoms with Gasteiger partial charge in [-0.05, 0) is 49.4 Å². The summed E-state index contributed by atoms with van der Waals surface area (Å²) in [5.74, 6) is 0.180. The number of piperidine rings is 1. The first-order valence-corrected chi connectivity index (χ1v) is 8.93. The Hall–Kier alpha value is -2.07. The van der Waals surface area contributed by atoms with E-state index in [9.17, 15) is 4.79 Å². The molecular weight excluding hydrogens is 298 g/mol. The molecule has 126 valence electrons. The molecule has 2 aliphatic rings. The lowest BCUT2D eigenvalue weighted by atomic mass is 9.77. The number of hydrogen-bond acceptors (Lipinski definition) is 2. The first-order chi connectivity index (χ1) is 11.7. The van der Waals surface area contributed by atoms with Gasteiger partial charge in [0, 0.05) is 32.0 Å². The highest BCUT2D eigenvalue weighted by Gasteiger charge is 2.42. The lowest BCUT2D eigenvalue weighted by Crippen LogP contribution is -2.41. The minimum atomic E-state index is 0.180. The van der Waals surface area contributed by atoms with Crippen LogP contribution in [0, 0.1) is 5.41 Å². The van der Waals surface area contributed by atoms with E-state index in [1.165, 1.54) is 18.4 Å². The van der Waals surface area contributed by atoms with Crippen LogP contribution in [-0.2, 0) is 6.54 Å². The van der Waals surface area contributed by atoms with Crippen molar-refractivity contribution in [1.82, 2.24) is 14.8 Å². The summed E-state index contributed by atoms with van der Waals surface area (Å²) >= 11 is 0. The van der Waals surface area contributed by atoms with Gasteiger partial charge in [-0.3, -0.25) is 9.69 Å². The Balaban J connectivity index is 1.33. The van der Waals surface area contributed by atoms with E-state index in [2.05, 4.69) is 45.1 Å². The molecule has 1 amide bonds. The second-order valence-electron chi connectivity index (χ2n) is 7.34. The maximum atomic E-state index is 12.5. The molecule has 1 aromatic carbocycles. The highest BCUT2D eigenvalue weighted by atomic mass is 16.2. The minimum Gasteiger partial charge on any atom is -0.367 e. The summed E-state index contributed by atoms with van der Waals surface area (Å²) in [4.78, 5) is 20.1. The van der Waals surface area contributed by atoms with E-state index in [1.807, 2.05) is 12.3 Å². The van der Waals surface area contributed by atoms with Gasteiger partial charge in [0.25, 0.3) is 5.91 Å². The number of carbonyl (C=O) groups is 1. The molecule has 0 radical (unpaired) electrons. The number of amides is 1. The maximum absolute atomic E-state index is 12.5. The Bertz CT molecular complexity index is 672. The third-order valence-corrected chi connectivity index (χ3v) is 5.74. The molecule has 4 rings (SSSR count). The van der Waals surface area contributed by atoms with Crippen molar-refractivity contribution in [3.8, 4) is 0 Å². The van der Waals surface area contributed by atoms with Crippen LogP contribution in [0.3, 0.4) is 0 Å². The zero-order valence-corrected chi connectivity index (χ0v) is 14.1. The molecule has 2 aliphatic heterocycles. The van der Waals surface area contributed by atoms with E-state index in [1.54, 1.807) is 6.20 Å². The van der Waals surface area contributed by atoms with Crippen LogP contribution >= 0.6 is 0 Å². The number of aromatic amines is 1. The molecule has 24 heavy (non-hydrogen) atoms. The quantitative estimate of drug-likeness (QED) is 0.942. The van der Waals surface area contributed by atoms with E-state index >= 15 is 0 Å². The second-order valence-corrected chi connectivity index (χ2v) is 7.34. The third kappa shape index (κ3) is 3.11. The van der Waals surface area contributed by atoms with Crippen molar-refractivity contribution in [2.75, 3.05) is 26.2 Å². The normalized spacial score (nSPS) is 20.6. The average Bonchev–Trinajstić information content (AvgIpc) is 3.28. The smallest absolute Gasteiger partial charge is 0.255 e. The molecular formula is C20H25N3O. The van der Waals surface area contributed by atoms with Crippen molar-refractivity contribution in [3.63, 3.8) is 0 Å². The van der Waals surface area contributed by atoms with Crippen LogP contribution in [0.2, 0.25) is 0 Å². The van der Waals surface area contributed by atoms with Gasteiger partial charge in [0.05, 0.1) is 5.56 Å². The SMILES string of the molecule is O=C(c1cc[nH]c1)N1CCC2(CCN(Cc3ccccc3)CC2)C1. The number of carbonyl (C=O) groups excluding carboxylic acids is 1. The molecule has 4 heteroatoms. The number of nitrogens with one attached hydrogen (secondary N) is 1. The van der Waals surface area contributed by atoms with E-state index in [0.717, 1.165) is 44.7 Å². The topological polar surface area (TPSA) is 39.3 Å². The number of aromatic nitrogens is 1. The molecule has 0 bridgehead atoms. The van der Waals surface area contributed by atoms with Crippen LogP contribution in [0.4, 0.5) is 0 Å². The number of rotatable bonds is 3. The number of H-pyrrole nitrogens is 1. The maximum Gasteiger partial charge on any atom is 0.255 e. The zero-order chi connectivity index (χ0) is 16.4. The van der Waals surface area contributed by atoms with Crippen molar-refractivity contribution < 1.29 is 4.79 Å². The van der Waals surface area contributed by atoms with E-state index in [0.29, 0.717) is 5.41 Å². The van der Waals surface area contributed by atoms with Gasteiger partial charge in [-0.25, -0.2) is 0 Å². The lowest BCUT2D eigenvalue weighted by Gasteiger charge is -2.39. The minimum absolute atomic E-state index is 0.180. The highest BCUT2D eigenvalue weighted by molar-refractivity contribution is 5.94. The molecule has 0 aliphatic carbocycles. The summed E-state index contributed by atoms with van der Waals surface area (Å²) in [5.41, 5.74) is 2.52. The fourth-order valence-corrected chi connectivity index (χ4v) is 4.18. The summed E-state index contributed by atoms with van der Waals surface area (Å²) in [6.45, 7) is 5.16.